The highest BCUT2D eigenvalue weighted by Gasteiger charge is 2.24. The number of fused-ring (bicyclic) bond motifs is 11. The third-order valence-corrected chi connectivity index (χ3v) is 7.90. The van der Waals surface area contributed by atoms with Gasteiger partial charge in [-0.1, -0.05) is 66.7 Å². The first-order chi connectivity index (χ1) is 18.8. The van der Waals surface area contributed by atoms with Gasteiger partial charge < -0.3 is 4.40 Å². The lowest BCUT2D eigenvalue weighted by Gasteiger charge is -2.10. The van der Waals surface area contributed by atoms with Crippen LogP contribution in [0.3, 0.4) is 0 Å². The van der Waals surface area contributed by atoms with Crippen LogP contribution in [0.1, 0.15) is 5.82 Å². The molecule has 0 unspecified atom stereocenters. The summed E-state index contributed by atoms with van der Waals surface area (Å²) in [5.74, 6) is 0.886. The number of rotatable bonds is 1. The molecule has 5 heteroatoms. The lowest BCUT2D eigenvalue weighted by Crippen LogP contribution is -2.02. The normalized spacial score (nSPS) is 12.2. The van der Waals surface area contributed by atoms with Crippen LogP contribution in [0.4, 0.5) is 0 Å². The highest BCUT2D eigenvalue weighted by atomic mass is 15.1. The van der Waals surface area contributed by atoms with Crippen LogP contribution in [-0.2, 0) is 0 Å². The van der Waals surface area contributed by atoms with Crippen molar-refractivity contribution >= 4 is 70.8 Å². The van der Waals surface area contributed by atoms with Crippen LogP contribution in [0.15, 0.2) is 103 Å². The van der Waals surface area contributed by atoms with Crippen molar-refractivity contribution in [1.29, 1.82) is 5.26 Å². The van der Waals surface area contributed by atoms with Crippen molar-refractivity contribution in [3.63, 3.8) is 0 Å². The Kier molecular flexibility index (Phi) is 3.55. The average Bonchev–Trinajstić information content (AvgIpc) is 3.60. The molecule has 0 aliphatic carbocycles. The van der Waals surface area contributed by atoms with Crippen LogP contribution in [0.25, 0.3) is 76.6 Å². The minimum Gasteiger partial charge on any atom is -0.308 e. The van der Waals surface area contributed by atoms with Gasteiger partial charge in [0.05, 0.1) is 33.1 Å². The van der Waals surface area contributed by atoms with Crippen molar-refractivity contribution in [3.05, 3.63) is 109 Å². The maximum absolute atomic E-state index is 9.79. The fourth-order valence-corrected chi connectivity index (χ4v) is 6.47. The largest absolute Gasteiger partial charge is 0.308 e. The van der Waals surface area contributed by atoms with Gasteiger partial charge in [0.2, 0.25) is 5.82 Å². The summed E-state index contributed by atoms with van der Waals surface area (Å²) in [5, 5.41) is 18.0. The smallest absolute Gasteiger partial charge is 0.234 e. The molecule has 0 atom stereocenters. The van der Waals surface area contributed by atoms with Gasteiger partial charge in [-0.05, 0) is 36.4 Å². The van der Waals surface area contributed by atoms with Gasteiger partial charge in [-0.2, -0.15) is 5.26 Å². The first-order valence-corrected chi connectivity index (χ1v) is 12.6. The number of nitriles is 1. The van der Waals surface area contributed by atoms with E-state index in [9.17, 15) is 5.26 Å². The van der Waals surface area contributed by atoms with Crippen LogP contribution < -0.4 is 0 Å². The Balaban J connectivity index is 1.63. The molecular weight excluding hydrogens is 466 g/mol. The number of nitrogens with zero attached hydrogens (tertiary/aromatic N) is 5. The highest BCUT2D eigenvalue weighted by Crippen LogP contribution is 2.46. The summed E-state index contributed by atoms with van der Waals surface area (Å²) in [4.78, 5) is 9.28. The van der Waals surface area contributed by atoms with Gasteiger partial charge in [0.15, 0.2) is 0 Å². The zero-order valence-electron chi connectivity index (χ0n) is 20.1. The van der Waals surface area contributed by atoms with E-state index in [-0.39, 0.29) is 5.82 Å². The zero-order valence-corrected chi connectivity index (χ0v) is 20.1. The lowest BCUT2D eigenvalue weighted by molar-refractivity contribution is 1.05. The number of benzene rings is 5. The molecule has 0 saturated heterocycles. The third kappa shape index (κ3) is 2.26. The van der Waals surface area contributed by atoms with Gasteiger partial charge in [-0.3, -0.25) is 4.57 Å². The Morgan fingerprint density at radius 2 is 1.16 bits per heavy atom. The molecule has 0 spiro atoms. The lowest BCUT2D eigenvalue weighted by atomic mass is 10.0. The summed E-state index contributed by atoms with van der Waals surface area (Å²) in [6, 6.07) is 38.2. The summed E-state index contributed by atoms with van der Waals surface area (Å²) in [7, 11) is 0. The number of para-hydroxylation sites is 4. The number of hydrogen-bond donors (Lipinski definition) is 0. The standard InChI is InChI=1S/C33H17N5/c34-18-29-35-24-13-5-1-10-20(24)33(36-29)38-27-16-8-3-11-21(27)30-28(38)17-23-19-9-2-6-14-25(19)37-26-15-7-4-12-22(26)31(30)32(23)37/h1-17H. The van der Waals surface area contributed by atoms with Gasteiger partial charge in [0.25, 0.3) is 0 Å². The molecule has 0 saturated carbocycles. The Morgan fingerprint density at radius 3 is 1.92 bits per heavy atom. The van der Waals surface area contributed by atoms with E-state index in [1.807, 2.05) is 24.3 Å². The fraction of sp³-hybridized carbons (Fsp3) is 0. The van der Waals surface area contributed by atoms with Crippen molar-refractivity contribution in [3.8, 4) is 11.9 Å². The van der Waals surface area contributed by atoms with Gasteiger partial charge in [-0.25, -0.2) is 9.97 Å². The van der Waals surface area contributed by atoms with Crippen LogP contribution in [0.5, 0.6) is 0 Å². The quantitative estimate of drug-likeness (QED) is 0.240. The topological polar surface area (TPSA) is 58.9 Å². The first-order valence-electron chi connectivity index (χ1n) is 12.6. The van der Waals surface area contributed by atoms with E-state index >= 15 is 0 Å². The van der Waals surface area contributed by atoms with E-state index < -0.39 is 0 Å². The van der Waals surface area contributed by atoms with E-state index in [0.29, 0.717) is 0 Å². The average molecular weight is 484 g/mol. The molecule has 0 radical (unpaired) electrons. The summed E-state index contributed by atoms with van der Waals surface area (Å²) in [6.07, 6.45) is 0. The van der Waals surface area contributed by atoms with Crippen LogP contribution in [0, 0.1) is 11.3 Å². The van der Waals surface area contributed by atoms with Crippen LogP contribution in [0.2, 0.25) is 0 Å². The fourth-order valence-electron chi connectivity index (χ4n) is 6.47. The molecule has 0 aliphatic rings. The zero-order chi connectivity index (χ0) is 25.0. The second kappa shape index (κ2) is 6.84. The van der Waals surface area contributed by atoms with E-state index in [4.69, 9.17) is 4.98 Å². The molecule has 0 aliphatic heterocycles. The minimum atomic E-state index is 0.164. The maximum atomic E-state index is 9.79. The summed E-state index contributed by atoms with van der Waals surface area (Å²) in [6.45, 7) is 0. The first kappa shape index (κ1) is 19.7. The highest BCUT2D eigenvalue weighted by molar-refractivity contribution is 6.35. The molecule has 0 N–H and O–H groups in total. The summed E-state index contributed by atoms with van der Waals surface area (Å²) >= 11 is 0. The molecule has 38 heavy (non-hydrogen) atoms. The Labute approximate surface area is 215 Å². The molecule has 0 fully saturated rings. The minimum absolute atomic E-state index is 0.164. The summed E-state index contributed by atoms with van der Waals surface area (Å²) in [5.41, 5.74) is 6.54. The van der Waals surface area contributed by atoms with Crippen molar-refractivity contribution < 1.29 is 0 Å². The molecule has 0 amide bonds. The number of hydrogen-bond acceptors (Lipinski definition) is 3. The molecule has 4 heterocycles. The third-order valence-electron chi connectivity index (χ3n) is 7.90. The maximum Gasteiger partial charge on any atom is 0.234 e. The molecule has 9 rings (SSSR count). The molecule has 4 aromatic heterocycles. The molecule has 174 valence electrons. The monoisotopic (exact) mass is 483 g/mol. The van der Waals surface area contributed by atoms with E-state index in [1.54, 1.807) is 0 Å². The predicted molar refractivity (Wildman–Crippen MR) is 153 cm³/mol. The molecule has 0 bridgehead atoms. The van der Waals surface area contributed by atoms with Gasteiger partial charge in [-0.15, -0.1) is 0 Å². The molecular formula is C33H17N5. The Bertz CT molecular complexity index is 2470. The van der Waals surface area contributed by atoms with Crippen molar-refractivity contribution in [1.82, 2.24) is 18.9 Å². The van der Waals surface area contributed by atoms with Crippen LogP contribution in [-0.4, -0.2) is 18.9 Å². The van der Waals surface area contributed by atoms with Gasteiger partial charge in [0, 0.05) is 37.7 Å². The Morgan fingerprint density at radius 1 is 0.553 bits per heavy atom. The van der Waals surface area contributed by atoms with Crippen molar-refractivity contribution in [2.75, 3.05) is 0 Å². The molecule has 5 nitrogen and oxygen atoms in total. The van der Waals surface area contributed by atoms with Crippen molar-refractivity contribution in [2.45, 2.75) is 0 Å². The number of aromatic nitrogens is 4. The van der Waals surface area contributed by atoms with Gasteiger partial charge >= 0.3 is 0 Å². The van der Waals surface area contributed by atoms with Crippen molar-refractivity contribution in [2.24, 2.45) is 0 Å². The molecule has 5 aromatic carbocycles. The summed E-state index contributed by atoms with van der Waals surface area (Å²) < 4.78 is 4.63. The van der Waals surface area contributed by atoms with E-state index in [2.05, 4.69) is 98.9 Å². The second-order valence-corrected chi connectivity index (χ2v) is 9.76. The molecule has 9 aromatic rings. The van der Waals surface area contributed by atoms with Gasteiger partial charge in [0.1, 0.15) is 11.9 Å². The SMILES string of the molecule is N#Cc1nc(-n2c3ccccc3c3c4c5ccccc5n5c6ccccc6c(cc32)c45)c2ccccc2n1. The Hall–Kier alpha value is -5.47. The second-order valence-electron chi connectivity index (χ2n) is 9.76. The van der Waals surface area contributed by atoms with E-state index in [1.165, 1.54) is 43.5 Å². The van der Waals surface area contributed by atoms with E-state index in [0.717, 1.165) is 33.1 Å². The predicted octanol–water partition coefficient (Wildman–Crippen LogP) is 7.75. The van der Waals surface area contributed by atoms with Crippen LogP contribution >= 0.6 is 0 Å².